The average Bonchev–Trinajstić information content (AvgIpc) is 2.77. The lowest BCUT2D eigenvalue weighted by atomic mass is 10.1. The highest BCUT2D eigenvalue weighted by Gasteiger charge is 2.14. The lowest BCUT2D eigenvalue weighted by Gasteiger charge is -2.10. The number of anilines is 1. The van der Waals surface area contributed by atoms with Crippen LogP contribution in [0.25, 0.3) is 22.4 Å². The maximum absolute atomic E-state index is 6.13. The highest BCUT2D eigenvalue weighted by Crippen LogP contribution is 2.31. The van der Waals surface area contributed by atoms with Gasteiger partial charge in [0, 0.05) is 22.8 Å². The number of nitrogen functional groups attached to an aromatic ring is 1. The first-order valence-corrected chi connectivity index (χ1v) is 7.50. The molecule has 3 nitrogen and oxygen atoms in total. The number of aromatic nitrogens is 2. The van der Waals surface area contributed by atoms with Crippen molar-refractivity contribution in [1.82, 2.24) is 9.55 Å². The summed E-state index contributed by atoms with van der Waals surface area (Å²) in [6.07, 6.45) is 1.04. The number of benzene rings is 2. The Labute approximate surface area is 129 Å². The molecule has 0 amide bonds. The van der Waals surface area contributed by atoms with E-state index in [0.717, 1.165) is 35.4 Å². The monoisotopic (exact) mass is 299 g/mol. The molecule has 21 heavy (non-hydrogen) atoms. The predicted molar refractivity (Wildman–Crippen MR) is 89.6 cm³/mol. The number of imidazole rings is 1. The van der Waals surface area contributed by atoms with Gasteiger partial charge in [-0.05, 0) is 49.2 Å². The molecule has 0 bridgehead atoms. The zero-order valence-corrected chi connectivity index (χ0v) is 13.0. The normalized spacial score (nSPS) is 11.2. The third-order valence-electron chi connectivity index (χ3n) is 3.61. The lowest BCUT2D eigenvalue weighted by molar-refractivity contribution is 0.704. The van der Waals surface area contributed by atoms with E-state index in [2.05, 4.69) is 36.6 Å². The second-order valence-electron chi connectivity index (χ2n) is 5.31. The molecule has 1 aromatic heterocycles. The fourth-order valence-corrected chi connectivity index (χ4v) is 2.81. The minimum atomic E-state index is 0.644. The summed E-state index contributed by atoms with van der Waals surface area (Å²) >= 11 is 6.00. The molecule has 0 saturated carbocycles. The van der Waals surface area contributed by atoms with Crippen molar-refractivity contribution in [3.63, 3.8) is 0 Å². The van der Waals surface area contributed by atoms with Gasteiger partial charge in [-0.25, -0.2) is 4.98 Å². The van der Waals surface area contributed by atoms with E-state index in [-0.39, 0.29) is 0 Å². The Morgan fingerprint density at radius 3 is 2.71 bits per heavy atom. The minimum Gasteiger partial charge on any atom is -0.398 e. The van der Waals surface area contributed by atoms with Gasteiger partial charge >= 0.3 is 0 Å². The van der Waals surface area contributed by atoms with Crippen LogP contribution in [0.4, 0.5) is 5.69 Å². The molecular weight excluding hydrogens is 282 g/mol. The van der Waals surface area contributed by atoms with E-state index in [4.69, 9.17) is 22.3 Å². The molecule has 0 unspecified atom stereocenters. The van der Waals surface area contributed by atoms with Crippen LogP contribution in [0.3, 0.4) is 0 Å². The Morgan fingerprint density at radius 2 is 2.00 bits per heavy atom. The van der Waals surface area contributed by atoms with E-state index in [1.165, 1.54) is 5.56 Å². The molecule has 2 aromatic carbocycles. The van der Waals surface area contributed by atoms with Gasteiger partial charge in [-0.3, -0.25) is 0 Å². The van der Waals surface area contributed by atoms with Gasteiger partial charge in [0.2, 0.25) is 0 Å². The summed E-state index contributed by atoms with van der Waals surface area (Å²) in [6, 6.07) is 11.9. The lowest BCUT2D eigenvalue weighted by Crippen LogP contribution is -2.01. The highest BCUT2D eigenvalue weighted by molar-refractivity contribution is 6.31. The van der Waals surface area contributed by atoms with Crippen LogP contribution in [0.2, 0.25) is 5.02 Å². The number of fused-ring (bicyclic) bond motifs is 1. The Bertz CT molecular complexity index is 805. The van der Waals surface area contributed by atoms with Gasteiger partial charge in [0.25, 0.3) is 0 Å². The molecule has 0 fully saturated rings. The van der Waals surface area contributed by atoms with E-state index in [0.29, 0.717) is 10.7 Å². The summed E-state index contributed by atoms with van der Waals surface area (Å²) in [6.45, 7) is 5.15. The molecule has 3 rings (SSSR count). The third-order valence-corrected chi connectivity index (χ3v) is 3.84. The van der Waals surface area contributed by atoms with Crippen molar-refractivity contribution in [2.45, 2.75) is 26.8 Å². The zero-order chi connectivity index (χ0) is 15.0. The number of hydrogen-bond acceptors (Lipinski definition) is 2. The van der Waals surface area contributed by atoms with Crippen LogP contribution < -0.4 is 5.73 Å². The summed E-state index contributed by atoms with van der Waals surface area (Å²) in [5.41, 5.74) is 11.1. The molecule has 0 saturated heterocycles. The molecule has 0 spiro atoms. The van der Waals surface area contributed by atoms with Crippen LogP contribution in [0.5, 0.6) is 0 Å². The van der Waals surface area contributed by atoms with Crippen LogP contribution in [0.15, 0.2) is 36.4 Å². The molecule has 0 aliphatic rings. The van der Waals surface area contributed by atoms with Crippen LogP contribution in [-0.2, 0) is 6.54 Å². The molecule has 3 aromatic rings. The summed E-state index contributed by atoms with van der Waals surface area (Å²) in [4.78, 5) is 4.79. The van der Waals surface area contributed by atoms with Crippen molar-refractivity contribution < 1.29 is 0 Å². The van der Waals surface area contributed by atoms with Crippen molar-refractivity contribution in [2.24, 2.45) is 0 Å². The van der Waals surface area contributed by atoms with Crippen molar-refractivity contribution in [1.29, 1.82) is 0 Å². The average molecular weight is 300 g/mol. The van der Waals surface area contributed by atoms with Crippen LogP contribution >= 0.6 is 11.6 Å². The molecule has 108 valence electrons. The first kappa shape index (κ1) is 14.0. The van der Waals surface area contributed by atoms with Crippen LogP contribution in [0, 0.1) is 6.92 Å². The number of halogens is 1. The van der Waals surface area contributed by atoms with Crippen molar-refractivity contribution >= 4 is 28.3 Å². The molecule has 4 heteroatoms. The quantitative estimate of drug-likeness (QED) is 0.715. The number of nitrogens with zero attached hydrogens (tertiary/aromatic N) is 2. The Morgan fingerprint density at radius 1 is 1.19 bits per heavy atom. The Balaban J connectivity index is 2.27. The first-order valence-electron chi connectivity index (χ1n) is 7.12. The molecular formula is C17H18ClN3. The largest absolute Gasteiger partial charge is 0.398 e. The van der Waals surface area contributed by atoms with Crippen molar-refractivity contribution in [3.05, 3.63) is 47.0 Å². The van der Waals surface area contributed by atoms with Crippen molar-refractivity contribution in [3.8, 4) is 11.4 Å². The standard InChI is InChI=1S/C17H18ClN3/c1-3-8-21-16-7-4-11(2)9-15(16)20-17(21)13-6-5-12(18)10-14(13)19/h4-7,9-10H,3,8,19H2,1-2H3. The zero-order valence-electron chi connectivity index (χ0n) is 12.2. The van der Waals surface area contributed by atoms with Gasteiger partial charge in [-0.15, -0.1) is 0 Å². The SMILES string of the molecule is CCCn1c(-c2ccc(Cl)cc2N)nc2cc(C)ccc21. The van der Waals surface area contributed by atoms with E-state index in [1.807, 2.05) is 12.1 Å². The van der Waals surface area contributed by atoms with E-state index in [9.17, 15) is 0 Å². The molecule has 0 atom stereocenters. The molecule has 1 heterocycles. The van der Waals surface area contributed by atoms with E-state index < -0.39 is 0 Å². The van der Waals surface area contributed by atoms with E-state index >= 15 is 0 Å². The van der Waals surface area contributed by atoms with Gasteiger partial charge in [0.05, 0.1) is 11.0 Å². The maximum atomic E-state index is 6.13. The topological polar surface area (TPSA) is 43.8 Å². The minimum absolute atomic E-state index is 0.644. The first-order chi connectivity index (χ1) is 10.1. The smallest absolute Gasteiger partial charge is 0.143 e. The van der Waals surface area contributed by atoms with Crippen molar-refractivity contribution in [2.75, 3.05) is 5.73 Å². The fourth-order valence-electron chi connectivity index (χ4n) is 2.63. The molecule has 0 aliphatic carbocycles. The molecule has 2 N–H and O–H groups in total. The number of aryl methyl sites for hydroxylation is 2. The van der Waals surface area contributed by atoms with Gasteiger partial charge in [-0.2, -0.15) is 0 Å². The van der Waals surface area contributed by atoms with Crippen LogP contribution in [0.1, 0.15) is 18.9 Å². The molecule has 0 radical (unpaired) electrons. The van der Waals surface area contributed by atoms with Gasteiger partial charge in [-0.1, -0.05) is 24.6 Å². The number of nitrogens with two attached hydrogens (primary N) is 1. The Hall–Kier alpha value is -2.00. The second kappa shape index (κ2) is 5.41. The summed E-state index contributed by atoms with van der Waals surface area (Å²) in [7, 11) is 0. The summed E-state index contributed by atoms with van der Waals surface area (Å²) < 4.78 is 2.23. The van der Waals surface area contributed by atoms with E-state index in [1.54, 1.807) is 6.07 Å². The third kappa shape index (κ3) is 2.49. The second-order valence-corrected chi connectivity index (χ2v) is 5.75. The van der Waals surface area contributed by atoms with Gasteiger partial charge in [0.15, 0.2) is 0 Å². The summed E-state index contributed by atoms with van der Waals surface area (Å²) in [5.74, 6) is 0.909. The van der Waals surface area contributed by atoms with Crippen LogP contribution in [-0.4, -0.2) is 9.55 Å². The predicted octanol–water partition coefficient (Wildman–Crippen LogP) is 4.66. The maximum Gasteiger partial charge on any atom is 0.143 e. The van der Waals surface area contributed by atoms with Gasteiger partial charge in [0.1, 0.15) is 5.82 Å². The highest BCUT2D eigenvalue weighted by atomic mass is 35.5. The fraction of sp³-hybridized carbons (Fsp3) is 0.235. The van der Waals surface area contributed by atoms with Gasteiger partial charge < -0.3 is 10.3 Å². The Kier molecular flexibility index (Phi) is 3.60. The number of hydrogen-bond donors (Lipinski definition) is 1. The summed E-state index contributed by atoms with van der Waals surface area (Å²) in [5, 5.41) is 0.644. The molecule has 0 aliphatic heterocycles. The number of rotatable bonds is 3.